The zero-order chi connectivity index (χ0) is 13.0. The Bertz CT molecular complexity index is 557. The van der Waals surface area contributed by atoms with Gasteiger partial charge in [-0.15, -0.1) is 0 Å². The normalized spacial score (nSPS) is 13.2. The standard InChI is InChI=1S/C13H13NO3S/c15-18(16,17)10-12(11-6-2-1-3-7-11)13-8-4-5-9-14-13/h1-9,12H,10H2,(H,15,16,17). The number of hydrogen-bond donors (Lipinski definition) is 1. The highest BCUT2D eigenvalue weighted by Gasteiger charge is 2.21. The van der Waals surface area contributed by atoms with Gasteiger partial charge in [-0.25, -0.2) is 0 Å². The number of nitrogens with zero attached hydrogens (tertiary/aromatic N) is 1. The van der Waals surface area contributed by atoms with Crippen molar-refractivity contribution in [2.75, 3.05) is 5.75 Å². The predicted octanol–water partition coefficient (Wildman–Crippen LogP) is 2.10. The van der Waals surface area contributed by atoms with Gasteiger partial charge in [0, 0.05) is 17.8 Å². The van der Waals surface area contributed by atoms with Crippen molar-refractivity contribution in [1.29, 1.82) is 0 Å². The molecule has 1 heterocycles. The lowest BCUT2D eigenvalue weighted by Crippen LogP contribution is -2.16. The molecule has 2 aromatic rings. The molecule has 0 saturated carbocycles. The fourth-order valence-corrected chi connectivity index (χ4v) is 2.61. The Kier molecular flexibility index (Phi) is 3.74. The molecule has 1 atom stereocenters. The highest BCUT2D eigenvalue weighted by Crippen LogP contribution is 2.24. The fraction of sp³-hybridized carbons (Fsp3) is 0.154. The monoisotopic (exact) mass is 263 g/mol. The third kappa shape index (κ3) is 3.38. The second kappa shape index (κ2) is 5.29. The van der Waals surface area contributed by atoms with Crippen LogP contribution in [0.2, 0.25) is 0 Å². The van der Waals surface area contributed by atoms with Crippen LogP contribution >= 0.6 is 0 Å². The second-order valence-corrected chi connectivity index (χ2v) is 5.46. The zero-order valence-electron chi connectivity index (χ0n) is 9.60. The van der Waals surface area contributed by atoms with E-state index in [1.807, 2.05) is 30.3 Å². The first kappa shape index (κ1) is 12.7. The maximum absolute atomic E-state index is 11.1. The van der Waals surface area contributed by atoms with Gasteiger partial charge in [0.25, 0.3) is 10.1 Å². The molecule has 0 radical (unpaired) electrons. The van der Waals surface area contributed by atoms with Gasteiger partial charge in [-0.05, 0) is 17.7 Å². The van der Waals surface area contributed by atoms with Gasteiger partial charge >= 0.3 is 0 Å². The average molecular weight is 263 g/mol. The number of pyridine rings is 1. The van der Waals surface area contributed by atoms with Gasteiger partial charge < -0.3 is 0 Å². The summed E-state index contributed by atoms with van der Waals surface area (Å²) in [6.45, 7) is 0. The van der Waals surface area contributed by atoms with Gasteiger partial charge in [0.1, 0.15) is 0 Å². The highest BCUT2D eigenvalue weighted by atomic mass is 32.2. The summed E-state index contributed by atoms with van der Waals surface area (Å²) in [5.41, 5.74) is 1.44. The molecule has 94 valence electrons. The van der Waals surface area contributed by atoms with Gasteiger partial charge in [0.05, 0.1) is 5.75 Å². The van der Waals surface area contributed by atoms with Crippen LogP contribution in [0.15, 0.2) is 54.7 Å². The van der Waals surface area contributed by atoms with Crippen LogP contribution in [0.1, 0.15) is 17.2 Å². The molecule has 0 aliphatic carbocycles. The van der Waals surface area contributed by atoms with Gasteiger partial charge in [-0.3, -0.25) is 9.54 Å². The van der Waals surface area contributed by atoms with Crippen LogP contribution in [-0.4, -0.2) is 23.7 Å². The molecule has 1 aromatic heterocycles. The summed E-state index contributed by atoms with van der Waals surface area (Å²) in [5, 5.41) is 0. The molecule has 0 bridgehead atoms. The first-order chi connectivity index (χ1) is 8.56. The van der Waals surface area contributed by atoms with Crippen LogP contribution in [0, 0.1) is 0 Å². The van der Waals surface area contributed by atoms with Gasteiger partial charge in [-0.2, -0.15) is 8.42 Å². The van der Waals surface area contributed by atoms with Crippen molar-refractivity contribution < 1.29 is 13.0 Å². The average Bonchev–Trinajstić information content (AvgIpc) is 2.37. The third-order valence-electron chi connectivity index (χ3n) is 2.62. The molecule has 5 heteroatoms. The Hall–Kier alpha value is -1.72. The Labute approximate surface area is 106 Å². The highest BCUT2D eigenvalue weighted by molar-refractivity contribution is 7.85. The van der Waals surface area contributed by atoms with Crippen molar-refractivity contribution in [1.82, 2.24) is 4.98 Å². The van der Waals surface area contributed by atoms with E-state index in [9.17, 15) is 8.42 Å². The van der Waals surface area contributed by atoms with Gasteiger partial charge in [0.2, 0.25) is 0 Å². The molecule has 0 amide bonds. The lowest BCUT2D eigenvalue weighted by Gasteiger charge is -2.15. The number of aromatic nitrogens is 1. The van der Waals surface area contributed by atoms with Crippen molar-refractivity contribution in [2.45, 2.75) is 5.92 Å². The van der Waals surface area contributed by atoms with Crippen molar-refractivity contribution in [3.05, 3.63) is 66.0 Å². The summed E-state index contributed by atoms with van der Waals surface area (Å²) >= 11 is 0. The topological polar surface area (TPSA) is 67.3 Å². The maximum atomic E-state index is 11.1. The Morgan fingerprint density at radius 1 is 1.06 bits per heavy atom. The van der Waals surface area contributed by atoms with Crippen molar-refractivity contribution >= 4 is 10.1 Å². The molecule has 1 N–H and O–H groups in total. The molecule has 0 spiro atoms. The van der Waals surface area contributed by atoms with Gasteiger partial charge in [-0.1, -0.05) is 36.4 Å². The van der Waals surface area contributed by atoms with E-state index in [4.69, 9.17) is 4.55 Å². The van der Waals surface area contributed by atoms with Crippen molar-refractivity contribution in [3.8, 4) is 0 Å². The Balaban J connectivity index is 2.42. The summed E-state index contributed by atoms with van der Waals surface area (Å²) in [7, 11) is -4.06. The summed E-state index contributed by atoms with van der Waals surface area (Å²) in [6, 6.07) is 14.5. The predicted molar refractivity (Wildman–Crippen MR) is 68.9 cm³/mol. The minimum Gasteiger partial charge on any atom is -0.286 e. The molecular weight excluding hydrogens is 250 g/mol. The largest absolute Gasteiger partial charge is 0.286 e. The smallest absolute Gasteiger partial charge is 0.265 e. The van der Waals surface area contributed by atoms with Crippen LogP contribution < -0.4 is 0 Å². The van der Waals surface area contributed by atoms with Crippen molar-refractivity contribution in [2.24, 2.45) is 0 Å². The molecule has 0 fully saturated rings. The van der Waals surface area contributed by atoms with E-state index in [0.29, 0.717) is 5.69 Å². The first-order valence-electron chi connectivity index (χ1n) is 5.47. The minimum atomic E-state index is -4.06. The molecule has 4 nitrogen and oxygen atoms in total. The van der Waals surface area contributed by atoms with E-state index in [0.717, 1.165) is 5.56 Å². The molecular formula is C13H13NO3S. The van der Waals surface area contributed by atoms with Crippen LogP contribution in [0.25, 0.3) is 0 Å². The lowest BCUT2D eigenvalue weighted by molar-refractivity contribution is 0.479. The number of hydrogen-bond acceptors (Lipinski definition) is 3. The van der Waals surface area contributed by atoms with E-state index in [2.05, 4.69) is 4.98 Å². The molecule has 2 rings (SSSR count). The minimum absolute atomic E-state index is 0.367. The first-order valence-corrected chi connectivity index (χ1v) is 7.08. The molecule has 1 aromatic carbocycles. The van der Waals surface area contributed by atoms with E-state index in [-0.39, 0.29) is 5.75 Å². The van der Waals surface area contributed by atoms with Crippen molar-refractivity contribution in [3.63, 3.8) is 0 Å². The Morgan fingerprint density at radius 3 is 2.28 bits per heavy atom. The van der Waals surface area contributed by atoms with Crippen LogP contribution in [0.3, 0.4) is 0 Å². The molecule has 0 aliphatic rings. The number of benzene rings is 1. The Morgan fingerprint density at radius 2 is 1.72 bits per heavy atom. The second-order valence-electron chi connectivity index (χ2n) is 3.97. The summed E-state index contributed by atoms with van der Waals surface area (Å²) in [4.78, 5) is 4.16. The third-order valence-corrected chi connectivity index (χ3v) is 3.38. The maximum Gasteiger partial charge on any atom is 0.265 e. The summed E-state index contributed by atoms with van der Waals surface area (Å²) in [5.74, 6) is -0.823. The lowest BCUT2D eigenvalue weighted by atomic mass is 9.97. The number of rotatable bonds is 4. The summed E-state index contributed by atoms with van der Waals surface area (Å²) < 4.78 is 31.3. The zero-order valence-corrected chi connectivity index (χ0v) is 10.4. The van der Waals surface area contributed by atoms with Crippen LogP contribution in [0.5, 0.6) is 0 Å². The fourth-order valence-electron chi connectivity index (χ4n) is 1.83. The molecule has 0 saturated heterocycles. The molecule has 18 heavy (non-hydrogen) atoms. The quantitative estimate of drug-likeness (QED) is 0.858. The summed E-state index contributed by atoms with van der Waals surface area (Å²) in [6.07, 6.45) is 1.61. The molecule has 0 aliphatic heterocycles. The van der Waals surface area contributed by atoms with E-state index < -0.39 is 16.0 Å². The van der Waals surface area contributed by atoms with Crippen LogP contribution in [0.4, 0.5) is 0 Å². The SMILES string of the molecule is O=S(=O)(O)CC(c1ccccc1)c1ccccn1. The molecule has 1 unspecified atom stereocenters. The van der Waals surface area contributed by atoms with E-state index in [1.54, 1.807) is 24.4 Å². The van der Waals surface area contributed by atoms with Crippen LogP contribution in [-0.2, 0) is 10.1 Å². The van der Waals surface area contributed by atoms with E-state index in [1.165, 1.54) is 0 Å². The van der Waals surface area contributed by atoms with E-state index >= 15 is 0 Å². The van der Waals surface area contributed by atoms with Gasteiger partial charge in [0.15, 0.2) is 0 Å².